The second-order valence-electron chi connectivity index (χ2n) is 10.6. The highest BCUT2D eigenvalue weighted by molar-refractivity contribution is 5.85. The Balaban J connectivity index is 1.34. The fourth-order valence-corrected chi connectivity index (χ4v) is 4.41. The van der Waals surface area contributed by atoms with Crippen LogP contribution in [0.2, 0.25) is 0 Å². The number of nitro groups is 1. The molecule has 0 aromatic heterocycles. The number of rotatable bonds is 9. The monoisotopic (exact) mass is 515 g/mol. The number of nitrogens with zero attached hydrogens (tertiary/aromatic N) is 2. The molecule has 3 aromatic rings. The Morgan fingerprint density at radius 1 is 1.13 bits per heavy atom. The highest BCUT2D eigenvalue weighted by atomic mass is 16.6. The summed E-state index contributed by atoms with van der Waals surface area (Å²) in [5.41, 5.74) is 7.35. The Bertz CT molecular complexity index is 1360. The zero-order valence-electron chi connectivity index (χ0n) is 22.4. The molecular formula is C30H33N3O5. The summed E-state index contributed by atoms with van der Waals surface area (Å²) in [4.78, 5) is 23.2. The van der Waals surface area contributed by atoms with Crippen LogP contribution in [-0.4, -0.2) is 24.2 Å². The van der Waals surface area contributed by atoms with Gasteiger partial charge < -0.3 is 9.47 Å². The lowest BCUT2D eigenvalue weighted by Gasteiger charge is -2.19. The van der Waals surface area contributed by atoms with Crippen LogP contribution in [0.1, 0.15) is 60.9 Å². The van der Waals surface area contributed by atoms with Gasteiger partial charge in [0.25, 0.3) is 5.69 Å². The van der Waals surface area contributed by atoms with Crippen LogP contribution in [0, 0.1) is 23.0 Å². The number of nitro benzene ring substituents is 1. The molecule has 0 bridgehead atoms. The molecule has 4 rings (SSSR count). The lowest BCUT2D eigenvalue weighted by Crippen LogP contribution is -2.20. The first-order valence-electron chi connectivity index (χ1n) is 12.5. The summed E-state index contributed by atoms with van der Waals surface area (Å²) in [6.07, 6.45) is 2.41. The van der Waals surface area contributed by atoms with E-state index in [4.69, 9.17) is 9.47 Å². The third-order valence-electron chi connectivity index (χ3n) is 6.78. The Kier molecular flexibility index (Phi) is 7.80. The van der Waals surface area contributed by atoms with E-state index in [9.17, 15) is 14.9 Å². The van der Waals surface area contributed by atoms with E-state index < -0.39 is 4.92 Å². The lowest BCUT2D eigenvalue weighted by molar-refractivity contribution is -0.385. The first-order chi connectivity index (χ1) is 18.1. The normalized spacial score (nSPS) is 16.8. The molecule has 198 valence electrons. The molecule has 1 aliphatic rings. The van der Waals surface area contributed by atoms with E-state index in [1.54, 1.807) is 38.4 Å². The smallest absolute Gasteiger partial charge is 0.272 e. The van der Waals surface area contributed by atoms with E-state index >= 15 is 0 Å². The van der Waals surface area contributed by atoms with Crippen molar-refractivity contribution in [1.82, 2.24) is 5.43 Å². The molecule has 1 fully saturated rings. The zero-order chi connectivity index (χ0) is 27.4. The first kappa shape index (κ1) is 26.9. The molecule has 0 radical (unpaired) electrons. The maximum atomic E-state index is 12.6. The van der Waals surface area contributed by atoms with E-state index in [-0.39, 0.29) is 35.5 Å². The summed E-state index contributed by atoms with van der Waals surface area (Å²) >= 11 is 0. The predicted octanol–water partition coefficient (Wildman–Crippen LogP) is 6.04. The molecule has 0 heterocycles. The highest BCUT2D eigenvalue weighted by Crippen LogP contribution is 2.47. The van der Waals surface area contributed by atoms with Crippen molar-refractivity contribution < 1.29 is 19.2 Å². The number of carbonyl (C=O) groups is 1. The maximum absolute atomic E-state index is 12.6. The van der Waals surface area contributed by atoms with Crippen molar-refractivity contribution in [2.45, 2.75) is 52.1 Å². The van der Waals surface area contributed by atoms with Gasteiger partial charge >= 0.3 is 0 Å². The molecular weight excluding hydrogens is 482 g/mol. The van der Waals surface area contributed by atoms with Gasteiger partial charge in [0, 0.05) is 23.1 Å². The summed E-state index contributed by atoms with van der Waals surface area (Å²) in [6.45, 7) is 8.43. The van der Waals surface area contributed by atoms with E-state index in [0.29, 0.717) is 17.1 Å². The van der Waals surface area contributed by atoms with Crippen LogP contribution in [0.15, 0.2) is 65.8 Å². The molecule has 0 aliphatic heterocycles. The SMILES string of the molecule is COc1ccc(/C=N/NC(=O)[C@@H]2C[C@@H]2c2ccc(C(C)(C)C)cc2)cc1COc1ccc([N+](=O)[O-])c(C)c1. The van der Waals surface area contributed by atoms with Gasteiger partial charge in [-0.15, -0.1) is 0 Å². The average Bonchev–Trinajstić information content (AvgIpc) is 3.68. The number of hydrogen-bond donors (Lipinski definition) is 1. The third kappa shape index (κ3) is 6.37. The van der Waals surface area contributed by atoms with Crippen molar-refractivity contribution in [3.8, 4) is 11.5 Å². The Morgan fingerprint density at radius 3 is 2.50 bits per heavy atom. The molecule has 0 saturated heterocycles. The molecule has 8 nitrogen and oxygen atoms in total. The zero-order valence-corrected chi connectivity index (χ0v) is 22.4. The van der Waals surface area contributed by atoms with Crippen molar-refractivity contribution in [3.05, 3.63) is 98.6 Å². The van der Waals surface area contributed by atoms with Gasteiger partial charge in [0.05, 0.1) is 18.2 Å². The number of hydrogen-bond acceptors (Lipinski definition) is 6. The van der Waals surface area contributed by atoms with Crippen molar-refractivity contribution in [1.29, 1.82) is 0 Å². The van der Waals surface area contributed by atoms with Gasteiger partial charge in [-0.25, -0.2) is 5.43 Å². The molecule has 3 aromatic carbocycles. The molecule has 1 aliphatic carbocycles. The number of aryl methyl sites for hydroxylation is 1. The quantitative estimate of drug-likeness (QED) is 0.213. The van der Waals surface area contributed by atoms with Crippen molar-refractivity contribution >= 4 is 17.8 Å². The minimum Gasteiger partial charge on any atom is -0.496 e. The third-order valence-corrected chi connectivity index (χ3v) is 6.78. The van der Waals surface area contributed by atoms with Crippen LogP contribution >= 0.6 is 0 Å². The van der Waals surface area contributed by atoms with Crippen molar-refractivity contribution in [3.63, 3.8) is 0 Å². The number of amides is 1. The molecule has 38 heavy (non-hydrogen) atoms. The van der Waals surface area contributed by atoms with Gasteiger partial charge in [0.1, 0.15) is 18.1 Å². The Hall–Kier alpha value is -4.20. The molecule has 1 N–H and O–H groups in total. The number of methoxy groups -OCH3 is 1. The molecule has 1 amide bonds. The van der Waals surface area contributed by atoms with Crippen LogP contribution in [0.5, 0.6) is 11.5 Å². The summed E-state index contributed by atoms with van der Waals surface area (Å²) < 4.78 is 11.3. The second kappa shape index (κ2) is 11.0. The van der Waals surface area contributed by atoms with Crippen LogP contribution in [0.3, 0.4) is 0 Å². The van der Waals surface area contributed by atoms with E-state index in [2.05, 4.69) is 55.6 Å². The summed E-state index contributed by atoms with van der Waals surface area (Å²) in [7, 11) is 1.57. The van der Waals surface area contributed by atoms with Gasteiger partial charge in [0.15, 0.2) is 0 Å². The average molecular weight is 516 g/mol. The largest absolute Gasteiger partial charge is 0.496 e. The summed E-state index contributed by atoms with van der Waals surface area (Å²) in [5.74, 6) is 1.23. The summed E-state index contributed by atoms with van der Waals surface area (Å²) in [6, 6.07) is 18.7. The molecule has 2 atom stereocenters. The number of benzene rings is 3. The molecule has 0 unspecified atom stereocenters. The number of ether oxygens (including phenoxy) is 2. The van der Waals surface area contributed by atoms with Gasteiger partial charge in [-0.2, -0.15) is 5.10 Å². The number of hydrazone groups is 1. The Labute approximate surface area is 222 Å². The number of nitrogens with one attached hydrogen (secondary N) is 1. The fraction of sp³-hybridized carbons (Fsp3) is 0.333. The number of carbonyl (C=O) groups excluding carboxylic acids is 1. The topological polar surface area (TPSA) is 103 Å². The second-order valence-corrected chi connectivity index (χ2v) is 10.6. The minimum atomic E-state index is -0.419. The molecule has 1 saturated carbocycles. The van der Waals surface area contributed by atoms with Gasteiger partial charge in [-0.3, -0.25) is 14.9 Å². The van der Waals surface area contributed by atoms with Gasteiger partial charge in [-0.05, 0) is 71.7 Å². The van der Waals surface area contributed by atoms with E-state index in [1.807, 2.05) is 12.1 Å². The Morgan fingerprint density at radius 2 is 1.87 bits per heavy atom. The predicted molar refractivity (Wildman–Crippen MR) is 147 cm³/mol. The fourth-order valence-electron chi connectivity index (χ4n) is 4.41. The van der Waals surface area contributed by atoms with Crippen LogP contribution in [-0.2, 0) is 16.8 Å². The van der Waals surface area contributed by atoms with E-state index in [1.165, 1.54) is 17.2 Å². The lowest BCUT2D eigenvalue weighted by atomic mass is 9.86. The molecule has 8 heteroatoms. The van der Waals surface area contributed by atoms with Crippen molar-refractivity contribution in [2.24, 2.45) is 11.0 Å². The minimum absolute atomic E-state index is 0.0474. The van der Waals surface area contributed by atoms with Crippen LogP contribution in [0.25, 0.3) is 0 Å². The van der Waals surface area contributed by atoms with Gasteiger partial charge in [-0.1, -0.05) is 45.0 Å². The standard InChI is InChI=1S/C30H33N3O5/c1-19-14-24(11-12-27(19)33(35)36)38-18-22-15-20(6-13-28(22)37-5)17-31-32-29(34)26-16-25(26)21-7-9-23(10-8-21)30(2,3)4/h6-15,17,25-26H,16,18H2,1-5H3,(H,32,34)/b31-17+/t25-,26-/m1/s1. The first-order valence-corrected chi connectivity index (χ1v) is 12.5. The van der Waals surface area contributed by atoms with Crippen LogP contribution in [0.4, 0.5) is 5.69 Å². The van der Waals surface area contributed by atoms with E-state index in [0.717, 1.165) is 17.5 Å². The van der Waals surface area contributed by atoms with Crippen molar-refractivity contribution in [2.75, 3.05) is 7.11 Å². The highest BCUT2D eigenvalue weighted by Gasteiger charge is 2.44. The molecule has 0 spiro atoms. The van der Waals surface area contributed by atoms with Gasteiger partial charge in [0.2, 0.25) is 5.91 Å². The van der Waals surface area contributed by atoms with Crippen LogP contribution < -0.4 is 14.9 Å². The summed E-state index contributed by atoms with van der Waals surface area (Å²) in [5, 5.41) is 15.2. The maximum Gasteiger partial charge on any atom is 0.272 e.